The van der Waals surface area contributed by atoms with Gasteiger partial charge in [-0.3, -0.25) is 9.69 Å². The third-order valence-corrected chi connectivity index (χ3v) is 6.34. The Morgan fingerprint density at radius 1 is 1.11 bits per heavy atom. The number of benzene rings is 2. The van der Waals surface area contributed by atoms with Crippen LogP contribution in [0.4, 0.5) is 0 Å². The van der Waals surface area contributed by atoms with Gasteiger partial charge in [-0.15, -0.1) is 0 Å². The molecule has 1 unspecified atom stereocenters. The molecule has 2 aromatic rings. The van der Waals surface area contributed by atoms with Gasteiger partial charge in [0, 0.05) is 22.5 Å². The van der Waals surface area contributed by atoms with Gasteiger partial charge in [-0.2, -0.15) is 0 Å². The minimum Gasteiger partial charge on any atom is -0.349 e. The van der Waals surface area contributed by atoms with Crippen molar-refractivity contribution < 1.29 is 4.79 Å². The predicted molar refractivity (Wildman–Crippen MR) is 117 cm³/mol. The molecule has 3 rings (SSSR count). The van der Waals surface area contributed by atoms with E-state index in [0.29, 0.717) is 10.0 Å². The van der Waals surface area contributed by atoms with Gasteiger partial charge in [0.1, 0.15) is 0 Å². The fourth-order valence-electron chi connectivity index (χ4n) is 3.69. The summed E-state index contributed by atoms with van der Waals surface area (Å²) >= 11 is 12.3. The van der Waals surface area contributed by atoms with Crippen LogP contribution in [0.25, 0.3) is 0 Å². The Kier molecular flexibility index (Phi) is 7.03. The van der Waals surface area contributed by atoms with Crippen molar-refractivity contribution >= 4 is 29.1 Å². The van der Waals surface area contributed by atoms with E-state index in [-0.39, 0.29) is 17.9 Å². The van der Waals surface area contributed by atoms with Gasteiger partial charge >= 0.3 is 0 Å². The van der Waals surface area contributed by atoms with Crippen molar-refractivity contribution in [2.75, 3.05) is 13.1 Å². The van der Waals surface area contributed by atoms with E-state index >= 15 is 0 Å². The normalized spacial score (nSPS) is 16.8. The summed E-state index contributed by atoms with van der Waals surface area (Å²) in [5.74, 6) is 0.237. The van der Waals surface area contributed by atoms with Gasteiger partial charge in [0.25, 0.3) is 0 Å². The summed E-state index contributed by atoms with van der Waals surface area (Å²) in [6.07, 6.45) is 1.74. The zero-order chi connectivity index (χ0) is 20.3. The molecular formula is C23H28Cl2N2O. The number of halogens is 2. The Labute approximate surface area is 178 Å². The van der Waals surface area contributed by atoms with Crippen LogP contribution in [-0.4, -0.2) is 23.9 Å². The molecule has 5 heteroatoms. The number of hydrogen-bond donors (Lipinski definition) is 1. The first kappa shape index (κ1) is 21.2. The molecule has 1 aliphatic rings. The summed E-state index contributed by atoms with van der Waals surface area (Å²) in [7, 11) is 0. The minimum absolute atomic E-state index is 0.0257. The molecule has 1 atom stereocenters. The molecule has 1 saturated heterocycles. The van der Waals surface area contributed by atoms with Crippen LogP contribution in [-0.2, 0) is 11.3 Å². The van der Waals surface area contributed by atoms with Crippen molar-refractivity contribution in [3.8, 4) is 0 Å². The van der Waals surface area contributed by atoms with Crippen LogP contribution in [0.5, 0.6) is 0 Å². The number of nitrogens with one attached hydrogen (secondary N) is 1. The molecule has 0 radical (unpaired) electrons. The van der Waals surface area contributed by atoms with Crippen LogP contribution in [0.15, 0.2) is 36.4 Å². The Hall–Kier alpha value is -1.55. The highest BCUT2D eigenvalue weighted by atomic mass is 35.5. The molecule has 1 N–H and O–H groups in total. The van der Waals surface area contributed by atoms with Gasteiger partial charge < -0.3 is 5.32 Å². The van der Waals surface area contributed by atoms with Crippen LogP contribution in [0.3, 0.4) is 0 Å². The molecule has 0 bridgehead atoms. The smallest absolute Gasteiger partial charge is 0.223 e. The SMILES string of the molecule is Cc1ccc(C(C)NC(=O)C2CCN(Cc3ccc(Cl)cc3Cl)CC2)cc1C. The first-order chi connectivity index (χ1) is 13.3. The summed E-state index contributed by atoms with van der Waals surface area (Å²) in [6.45, 7) is 8.86. The summed E-state index contributed by atoms with van der Waals surface area (Å²) in [6, 6.07) is 12.1. The molecule has 1 amide bonds. The van der Waals surface area contributed by atoms with Crippen molar-refractivity contribution in [1.82, 2.24) is 10.2 Å². The van der Waals surface area contributed by atoms with Gasteiger partial charge in [0.05, 0.1) is 6.04 Å². The summed E-state index contributed by atoms with van der Waals surface area (Å²) in [5.41, 5.74) is 4.77. The highest BCUT2D eigenvalue weighted by molar-refractivity contribution is 6.35. The largest absolute Gasteiger partial charge is 0.349 e. The van der Waals surface area contributed by atoms with Gasteiger partial charge in [0.15, 0.2) is 0 Å². The average Bonchev–Trinajstić information content (AvgIpc) is 2.66. The molecule has 1 heterocycles. The Morgan fingerprint density at radius 2 is 1.82 bits per heavy atom. The lowest BCUT2D eigenvalue weighted by atomic mass is 9.94. The molecule has 2 aromatic carbocycles. The second kappa shape index (κ2) is 9.30. The lowest BCUT2D eigenvalue weighted by Gasteiger charge is -2.32. The van der Waals surface area contributed by atoms with Crippen molar-refractivity contribution in [2.24, 2.45) is 5.92 Å². The van der Waals surface area contributed by atoms with E-state index in [2.05, 4.69) is 49.2 Å². The molecule has 0 spiro atoms. The molecule has 28 heavy (non-hydrogen) atoms. The number of hydrogen-bond acceptors (Lipinski definition) is 2. The first-order valence-electron chi connectivity index (χ1n) is 9.87. The standard InChI is InChI=1S/C23H28Cl2N2O/c1-15-4-5-19(12-16(15)2)17(3)26-23(28)18-8-10-27(11-9-18)14-20-6-7-21(24)13-22(20)25/h4-7,12-13,17-18H,8-11,14H2,1-3H3,(H,26,28). The van der Waals surface area contributed by atoms with Crippen LogP contribution in [0, 0.1) is 19.8 Å². The molecule has 150 valence electrons. The Bertz CT molecular complexity index is 844. The van der Waals surface area contributed by atoms with Gasteiger partial charge in [-0.1, -0.05) is 47.5 Å². The minimum atomic E-state index is 0.0257. The number of nitrogens with zero attached hydrogens (tertiary/aromatic N) is 1. The monoisotopic (exact) mass is 418 g/mol. The lowest BCUT2D eigenvalue weighted by Crippen LogP contribution is -2.40. The van der Waals surface area contributed by atoms with E-state index in [1.807, 2.05) is 12.1 Å². The fraction of sp³-hybridized carbons (Fsp3) is 0.435. The maximum absolute atomic E-state index is 12.7. The van der Waals surface area contributed by atoms with E-state index in [9.17, 15) is 4.79 Å². The van der Waals surface area contributed by atoms with E-state index in [0.717, 1.165) is 43.6 Å². The molecule has 0 saturated carbocycles. The van der Waals surface area contributed by atoms with Gasteiger partial charge in [-0.25, -0.2) is 0 Å². The molecule has 0 aromatic heterocycles. The fourth-order valence-corrected chi connectivity index (χ4v) is 4.16. The number of carbonyl (C=O) groups excluding carboxylic acids is 1. The molecular weight excluding hydrogens is 391 g/mol. The summed E-state index contributed by atoms with van der Waals surface area (Å²) in [5, 5.41) is 4.56. The Balaban J connectivity index is 1.51. The molecule has 0 aliphatic carbocycles. The number of likely N-dealkylation sites (tertiary alicyclic amines) is 1. The lowest BCUT2D eigenvalue weighted by molar-refractivity contribution is -0.127. The number of carbonyl (C=O) groups is 1. The quantitative estimate of drug-likeness (QED) is 0.674. The number of amides is 1. The predicted octanol–water partition coefficient (Wildman–Crippen LogP) is 5.70. The van der Waals surface area contributed by atoms with Crippen LogP contribution in [0.2, 0.25) is 10.0 Å². The van der Waals surface area contributed by atoms with Crippen molar-refractivity contribution in [3.63, 3.8) is 0 Å². The second-order valence-electron chi connectivity index (χ2n) is 7.86. The summed E-state index contributed by atoms with van der Waals surface area (Å²) < 4.78 is 0. The average molecular weight is 419 g/mol. The van der Waals surface area contributed by atoms with Crippen LogP contribution < -0.4 is 5.32 Å². The third-order valence-electron chi connectivity index (χ3n) is 5.76. The van der Waals surface area contributed by atoms with E-state index in [4.69, 9.17) is 23.2 Å². The van der Waals surface area contributed by atoms with E-state index in [1.54, 1.807) is 6.07 Å². The molecule has 3 nitrogen and oxygen atoms in total. The van der Waals surface area contributed by atoms with Crippen molar-refractivity contribution in [1.29, 1.82) is 0 Å². The number of aryl methyl sites for hydroxylation is 2. The Morgan fingerprint density at radius 3 is 2.46 bits per heavy atom. The van der Waals surface area contributed by atoms with Crippen LogP contribution >= 0.6 is 23.2 Å². The molecule has 1 fully saturated rings. The third kappa shape index (κ3) is 5.28. The highest BCUT2D eigenvalue weighted by Gasteiger charge is 2.26. The number of piperidine rings is 1. The van der Waals surface area contributed by atoms with Crippen LogP contribution in [0.1, 0.15) is 48.1 Å². The highest BCUT2D eigenvalue weighted by Crippen LogP contribution is 2.25. The zero-order valence-corrected chi connectivity index (χ0v) is 18.3. The first-order valence-corrected chi connectivity index (χ1v) is 10.6. The van der Waals surface area contributed by atoms with Crippen molar-refractivity contribution in [3.05, 3.63) is 68.7 Å². The summed E-state index contributed by atoms with van der Waals surface area (Å²) in [4.78, 5) is 15.1. The molecule has 1 aliphatic heterocycles. The van der Waals surface area contributed by atoms with Gasteiger partial charge in [0.2, 0.25) is 5.91 Å². The van der Waals surface area contributed by atoms with E-state index < -0.39 is 0 Å². The maximum atomic E-state index is 12.7. The number of rotatable bonds is 5. The second-order valence-corrected chi connectivity index (χ2v) is 8.70. The van der Waals surface area contributed by atoms with Gasteiger partial charge in [-0.05, 0) is 81.1 Å². The van der Waals surface area contributed by atoms with Crippen molar-refractivity contribution in [2.45, 2.75) is 46.2 Å². The zero-order valence-electron chi connectivity index (χ0n) is 16.8. The topological polar surface area (TPSA) is 32.3 Å². The maximum Gasteiger partial charge on any atom is 0.223 e. The van der Waals surface area contributed by atoms with E-state index in [1.165, 1.54) is 11.1 Å².